The molecule has 1 saturated heterocycles. The summed E-state index contributed by atoms with van der Waals surface area (Å²) < 4.78 is 5.85. The summed E-state index contributed by atoms with van der Waals surface area (Å²) in [4.78, 5) is 38.4. The van der Waals surface area contributed by atoms with Crippen molar-refractivity contribution in [1.82, 2.24) is 10.2 Å². The predicted molar refractivity (Wildman–Crippen MR) is 128 cm³/mol. The van der Waals surface area contributed by atoms with Crippen LogP contribution in [0.3, 0.4) is 0 Å². The van der Waals surface area contributed by atoms with Crippen LogP contribution in [-0.2, 0) is 4.79 Å². The van der Waals surface area contributed by atoms with Crippen molar-refractivity contribution in [1.29, 1.82) is 0 Å². The number of amides is 2. The number of piperidine rings is 1. The Morgan fingerprint density at radius 2 is 1.76 bits per heavy atom. The first-order chi connectivity index (χ1) is 16.4. The van der Waals surface area contributed by atoms with Crippen LogP contribution in [0.1, 0.15) is 40.9 Å². The van der Waals surface area contributed by atoms with E-state index in [-0.39, 0.29) is 23.2 Å². The van der Waals surface area contributed by atoms with Crippen molar-refractivity contribution < 1.29 is 18.9 Å². The number of hydrogen-bond acceptors (Lipinski definition) is 5. The minimum absolute atomic E-state index is 0.0441. The summed E-state index contributed by atoms with van der Waals surface area (Å²) >= 11 is 0. The summed E-state index contributed by atoms with van der Waals surface area (Å²) in [5, 5.41) is 13.8. The monoisotopic (exact) mass is 459 g/mol. The number of furan rings is 1. The zero-order chi connectivity index (χ0) is 24.1. The van der Waals surface area contributed by atoms with Gasteiger partial charge in [-0.2, -0.15) is 0 Å². The minimum atomic E-state index is -0.469. The Kier molecular flexibility index (Phi) is 6.87. The molecule has 3 aromatic rings. The molecule has 0 spiro atoms. The van der Waals surface area contributed by atoms with Gasteiger partial charge in [0.15, 0.2) is 0 Å². The molecule has 1 aromatic heterocycles. The van der Waals surface area contributed by atoms with Crippen LogP contribution in [0.15, 0.2) is 70.8 Å². The van der Waals surface area contributed by atoms with Crippen molar-refractivity contribution >= 4 is 23.6 Å². The van der Waals surface area contributed by atoms with E-state index < -0.39 is 4.92 Å². The van der Waals surface area contributed by atoms with Gasteiger partial charge in [0.2, 0.25) is 0 Å². The molecule has 0 saturated carbocycles. The SMILES string of the molecule is Cc1ccc(C(=O)N/C(=C/c2ccc(-c3cccc([N+](=O)[O-])c3)o2)C(=O)N2CCCCC2)cc1. The number of carbonyl (C=O) groups is 2. The number of likely N-dealkylation sites (tertiary alicyclic amines) is 1. The van der Waals surface area contributed by atoms with Crippen LogP contribution in [0.4, 0.5) is 5.69 Å². The molecule has 2 amide bonds. The molecule has 1 aliphatic heterocycles. The topological polar surface area (TPSA) is 106 Å². The van der Waals surface area contributed by atoms with Crippen LogP contribution < -0.4 is 5.32 Å². The highest BCUT2D eigenvalue weighted by Gasteiger charge is 2.23. The smallest absolute Gasteiger partial charge is 0.270 e. The lowest BCUT2D eigenvalue weighted by atomic mass is 10.1. The summed E-state index contributed by atoms with van der Waals surface area (Å²) in [6, 6.07) is 16.5. The van der Waals surface area contributed by atoms with Crippen LogP contribution in [0.2, 0.25) is 0 Å². The first kappa shape index (κ1) is 23.0. The van der Waals surface area contributed by atoms with Crippen LogP contribution in [0.25, 0.3) is 17.4 Å². The van der Waals surface area contributed by atoms with E-state index in [1.165, 1.54) is 18.2 Å². The van der Waals surface area contributed by atoms with Gasteiger partial charge >= 0.3 is 0 Å². The van der Waals surface area contributed by atoms with Crippen LogP contribution in [0, 0.1) is 17.0 Å². The fourth-order valence-electron chi connectivity index (χ4n) is 3.82. The van der Waals surface area contributed by atoms with Gasteiger partial charge in [-0.05, 0) is 50.5 Å². The number of nitrogens with one attached hydrogen (secondary N) is 1. The Morgan fingerprint density at radius 3 is 2.47 bits per heavy atom. The normalized spacial score (nSPS) is 14.0. The lowest BCUT2D eigenvalue weighted by molar-refractivity contribution is -0.384. The Hall–Kier alpha value is -4.20. The number of rotatable bonds is 6. The molecule has 0 radical (unpaired) electrons. The zero-order valence-electron chi connectivity index (χ0n) is 18.8. The third kappa shape index (κ3) is 5.40. The molecule has 0 bridgehead atoms. The van der Waals surface area contributed by atoms with Crippen molar-refractivity contribution in [2.24, 2.45) is 0 Å². The molecular formula is C26H25N3O5. The maximum absolute atomic E-state index is 13.2. The quantitative estimate of drug-likeness (QED) is 0.319. The minimum Gasteiger partial charge on any atom is -0.457 e. The van der Waals surface area contributed by atoms with Gasteiger partial charge in [-0.25, -0.2) is 0 Å². The first-order valence-electron chi connectivity index (χ1n) is 11.1. The van der Waals surface area contributed by atoms with Gasteiger partial charge < -0.3 is 14.6 Å². The predicted octanol–water partition coefficient (Wildman–Crippen LogP) is 4.95. The largest absolute Gasteiger partial charge is 0.457 e. The number of carbonyl (C=O) groups excluding carboxylic acids is 2. The average molecular weight is 460 g/mol. The Morgan fingerprint density at radius 1 is 1.03 bits per heavy atom. The van der Waals surface area contributed by atoms with Crippen molar-refractivity contribution in [3.8, 4) is 11.3 Å². The van der Waals surface area contributed by atoms with Crippen LogP contribution in [-0.4, -0.2) is 34.7 Å². The van der Waals surface area contributed by atoms with Gasteiger partial charge in [-0.3, -0.25) is 19.7 Å². The summed E-state index contributed by atoms with van der Waals surface area (Å²) in [6.45, 7) is 3.20. The molecule has 2 heterocycles. The van der Waals surface area contributed by atoms with E-state index in [4.69, 9.17) is 4.42 Å². The van der Waals surface area contributed by atoms with E-state index in [0.29, 0.717) is 35.7 Å². The van der Waals surface area contributed by atoms with Gasteiger partial charge in [0, 0.05) is 42.4 Å². The summed E-state index contributed by atoms with van der Waals surface area (Å²) in [6.07, 6.45) is 4.42. The number of non-ortho nitro benzene ring substituents is 1. The van der Waals surface area contributed by atoms with Crippen molar-refractivity contribution in [3.63, 3.8) is 0 Å². The molecular weight excluding hydrogens is 434 g/mol. The number of nitro benzene ring substituents is 1. The third-order valence-corrected chi connectivity index (χ3v) is 5.69. The lowest BCUT2D eigenvalue weighted by Crippen LogP contribution is -2.41. The average Bonchev–Trinajstić information content (AvgIpc) is 3.33. The van der Waals surface area contributed by atoms with E-state index in [2.05, 4.69) is 5.32 Å². The van der Waals surface area contributed by atoms with Crippen molar-refractivity contribution in [2.75, 3.05) is 13.1 Å². The number of nitro groups is 1. The molecule has 8 nitrogen and oxygen atoms in total. The second-order valence-electron chi connectivity index (χ2n) is 8.24. The molecule has 0 aliphatic carbocycles. The zero-order valence-corrected chi connectivity index (χ0v) is 18.8. The highest BCUT2D eigenvalue weighted by Crippen LogP contribution is 2.27. The van der Waals surface area contributed by atoms with Gasteiger partial charge in [0.1, 0.15) is 17.2 Å². The van der Waals surface area contributed by atoms with Gasteiger partial charge in [0.05, 0.1) is 4.92 Å². The van der Waals surface area contributed by atoms with E-state index in [1.54, 1.807) is 41.3 Å². The van der Waals surface area contributed by atoms with Crippen molar-refractivity contribution in [2.45, 2.75) is 26.2 Å². The molecule has 174 valence electrons. The number of hydrogen-bond donors (Lipinski definition) is 1. The van der Waals surface area contributed by atoms with Crippen LogP contribution in [0.5, 0.6) is 0 Å². The second-order valence-corrected chi connectivity index (χ2v) is 8.24. The maximum atomic E-state index is 13.2. The maximum Gasteiger partial charge on any atom is 0.270 e. The number of benzene rings is 2. The third-order valence-electron chi connectivity index (χ3n) is 5.69. The Balaban J connectivity index is 1.63. The fourth-order valence-corrected chi connectivity index (χ4v) is 3.82. The van der Waals surface area contributed by atoms with Gasteiger partial charge in [-0.15, -0.1) is 0 Å². The molecule has 1 aliphatic rings. The first-order valence-corrected chi connectivity index (χ1v) is 11.1. The highest BCUT2D eigenvalue weighted by molar-refractivity contribution is 6.05. The Bertz CT molecular complexity index is 1240. The summed E-state index contributed by atoms with van der Waals surface area (Å²) in [7, 11) is 0. The second kappa shape index (κ2) is 10.2. The van der Waals surface area contributed by atoms with E-state index in [9.17, 15) is 19.7 Å². The standard InChI is InChI=1S/C26H25N3O5/c1-18-8-10-19(11-9-18)25(30)27-23(26(31)28-14-3-2-4-15-28)17-22-12-13-24(34-22)20-6-5-7-21(16-20)29(32)33/h5-13,16-17H,2-4,14-15H2,1H3,(H,27,30)/b23-17+. The molecule has 4 rings (SSSR count). The van der Waals surface area contributed by atoms with Crippen LogP contribution >= 0.6 is 0 Å². The fraction of sp³-hybridized carbons (Fsp3) is 0.231. The number of nitrogens with zero attached hydrogens (tertiary/aromatic N) is 2. The molecule has 1 fully saturated rings. The van der Waals surface area contributed by atoms with E-state index in [1.807, 2.05) is 19.1 Å². The Labute approximate surface area is 197 Å². The molecule has 34 heavy (non-hydrogen) atoms. The molecule has 0 atom stereocenters. The molecule has 2 aromatic carbocycles. The van der Waals surface area contributed by atoms with Gasteiger partial charge in [0.25, 0.3) is 17.5 Å². The molecule has 0 unspecified atom stereocenters. The van der Waals surface area contributed by atoms with Gasteiger partial charge in [-0.1, -0.05) is 29.8 Å². The van der Waals surface area contributed by atoms with E-state index >= 15 is 0 Å². The summed E-state index contributed by atoms with van der Waals surface area (Å²) in [5.74, 6) is 0.117. The molecule has 1 N–H and O–H groups in total. The molecule has 8 heteroatoms. The highest BCUT2D eigenvalue weighted by atomic mass is 16.6. The van der Waals surface area contributed by atoms with E-state index in [0.717, 1.165) is 24.8 Å². The number of aryl methyl sites for hydroxylation is 1. The summed E-state index contributed by atoms with van der Waals surface area (Å²) in [5.41, 5.74) is 2.09. The lowest BCUT2D eigenvalue weighted by Gasteiger charge is -2.27. The van der Waals surface area contributed by atoms with Crippen molar-refractivity contribution in [3.05, 3.63) is 93.4 Å².